The molecule has 8 heteroatoms. The Morgan fingerprint density at radius 3 is 2.61 bits per heavy atom. The lowest BCUT2D eigenvalue weighted by Gasteiger charge is -2.14. The molecule has 5 aromatic rings. The number of para-hydroxylation sites is 1. The minimum absolute atomic E-state index is 0.0728. The van der Waals surface area contributed by atoms with Crippen LogP contribution >= 0.6 is 0 Å². The highest BCUT2D eigenvalue weighted by atomic mass is 19.1. The number of halogens is 1. The van der Waals surface area contributed by atoms with Crippen LogP contribution in [0.15, 0.2) is 65.7 Å². The number of anilines is 1. The summed E-state index contributed by atoms with van der Waals surface area (Å²) in [4.78, 5) is 26.0. The van der Waals surface area contributed by atoms with Gasteiger partial charge in [-0.1, -0.05) is 43.3 Å². The fourth-order valence-corrected chi connectivity index (χ4v) is 3.54. The number of nitrogens with two attached hydrogens (primary N) is 1. The molecule has 0 saturated heterocycles. The number of nitrogen functional groups attached to an aromatic ring is 1. The SMILES string of the molecule is CCc1cc2cccc(C)c2c(=O)n1-c1ccccc1.Nc1nc(F)nc2nc[nH]c12. The van der Waals surface area contributed by atoms with Crippen LogP contribution in [-0.2, 0) is 6.42 Å². The average Bonchev–Trinajstić information content (AvgIpc) is 3.23. The zero-order valence-corrected chi connectivity index (χ0v) is 17.1. The molecule has 3 N–H and O–H groups in total. The summed E-state index contributed by atoms with van der Waals surface area (Å²) in [6.07, 6.45) is 1.35. The maximum absolute atomic E-state index is 12.9. The number of aromatic nitrogens is 5. The fourth-order valence-electron chi connectivity index (χ4n) is 3.54. The third-order valence-electron chi connectivity index (χ3n) is 4.99. The van der Waals surface area contributed by atoms with Crippen LogP contribution in [0.4, 0.5) is 10.2 Å². The lowest BCUT2D eigenvalue weighted by molar-refractivity contribution is 0.546. The topological polar surface area (TPSA) is 102 Å². The molecule has 156 valence electrons. The first-order chi connectivity index (χ1) is 15.0. The van der Waals surface area contributed by atoms with Gasteiger partial charge < -0.3 is 10.7 Å². The van der Waals surface area contributed by atoms with Gasteiger partial charge in [0.05, 0.1) is 11.7 Å². The van der Waals surface area contributed by atoms with Gasteiger partial charge in [0.2, 0.25) is 0 Å². The number of hydrogen-bond acceptors (Lipinski definition) is 5. The minimum atomic E-state index is -0.859. The van der Waals surface area contributed by atoms with Gasteiger partial charge in [0.1, 0.15) is 5.52 Å². The van der Waals surface area contributed by atoms with E-state index in [1.54, 1.807) is 0 Å². The Bertz CT molecular complexity index is 1430. The van der Waals surface area contributed by atoms with Crippen molar-refractivity contribution in [1.82, 2.24) is 24.5 Å². The summed E-state index contributed by atoms with van der Waals surface area (Å²) in [5.41, 5.74) is 9.12. The van der Waals surface area contributed by atoms with Crippen LogP contribution in [0, 0.1) is 13.0 Å². The van der Waals surface area contributed by atoms with Crippen LogP contribution in [0.2, 0.25) is 0 Å². The van der Waals surface area contributed by atoms with Crippen molar-refractivity contribution in [2.45, 2.75) is 20.3 Å². The largest absolute Gasteiger partial charge is 0.382 e. The van der Waals surface area contributed by atoms with Crippen LogP contribution < -0.4 is 11.3 Å². The van der Waals surface area contributed by atoms with Crippen molar-refractivity contribution in [2.75, 3.05) is 5.73 Å². The molecular weight excluding hydrogens is 395 g/mol. The number of nitrogens with one attached hydrogen (secondary N) is 1. The van der Waals surface area contributed by atoms with Crippen LogP contribution in [-0.4, -0.2) is 24.5 Å². The Kier molecular flexibility index (Phi) is 5.44. The Morgan fingerprint density at radius 2 is 1.87 bits per heavy atom. The summed E-state index contributed by atoms with van der Waals surface area (Å²) in [5, 5.41) is 1.84. The monoisotopic (exact) mass is 416 g/mol. The maximum Gasteiger partial charge on any atom is 0.312 e. The van der Waals surface area contributed by atoms with Crippen molar-refractivity contribution in [3.05, 3.63) is 88.6 Å². The van der Waals surface area contributed by atoms with Gasteiger partial charge in [-0.3, -0.25) is 9.36 Å². The molecule has 0 aliphatic heterocycles. The van der Waals surface area contributed by atoms with Gasteiger partial charge in [0.15, 0.2) is 11.5 Å². The van der Waals surface area contributed by atoms with Crippen molar-refractivity contribution < 1.29 is 4.39 Å². The third kappa shape index (κ3) is 3.87. The molecule has 0 aliphatic rings. The molecule has 0 amide bonds. The Hall–Kier alpha value is -4.07. The van der Waals surface area contributed by atoms with E-state index in [1.165, 1.54) is 6.33 Å². The lowest BCUT2D eigenvalue weighted by Crippen LogP contribution is -2.22. The van der Waals surface area contributed by atoms with E-state index < -0.39 is 6.08 Å². The van der Waals surface area contributed by atoms with Crippen LogP contribution in [0.5, 0.6) is 0 Å². The summed E-state index contributed by atoms with van der Waals surface area (Å²) in [5.74, 6) is 0.0741. The number of H-pyrrole nitrogens is 1. The molecule has 31 heavy (non-hydrogen) atoms. The smallest absolute Gasteiger partial charge is 0.312 e. The second kappa shape index (κ2) is 8.35. The zero-order valence-electron chi connectivity index (χ0n) is 17.1. The Balaban J connectivity index is 0.000000177. The lowest BCUT2D eigenvalue weighted by atomic mass is 10.1. The summed E-state index contributed by atoms with van der Waals surface area (Å²) in [6.45, 7) is 4.07. The number of rotatable bonds is 2. The molecule has 5 rings (SSSR count). The number of nitrogens with zero attached hydrogens (tertiary/aromatic N) is 4. The average molecular weight is 416 g/mol. The number of aryl methyl sites for hydroxylation is 2. The molecule has 0 atom stereocenters. The Morgan fingerprint density at radius 1 is 1.10 bits per heavy atom. The quantitative estimate of drug-likeness (QED) is 0.425. The number of pyridine rings is 1. The summed E-state index contributed by atoms with van der Waals surface area (Å²) >= 11 is 0. The van der Waals surface area contributed by atoms with Crippen LogP contribution in [0.1, 0.15) is 18.2 Å². The van der Waals surface area contributed by atoms with Gasteiger partial charge in [0.25, 0.3) is 5.56 Å². The molecule has 3 aromatic heterocycles. The van der Waals surface area contributed by atoms with Gasteiger partial charge in [-0.2, -0.15) is 14.4 Å². The van der Waals surface area contributed by atoms with Gasteiger partial charge >= 0.3 is 6.08 Å². The standard InChI is InChI=1S/C18H17NO.C5H4FN5/c1-3-15-12-14-9-7-8-13(2)17(14)18(20)19(15)16-10-5-4-6-11-16;6-5-10-3(7)2-4(11-5)9-1-8-2/h4-12H,3H2,1-2H3;1H,(H3,7,8,9,10,11). The molecule has 0 spiro atoms. The van der Waals surface area contributed by atoms with E-state index in [0.29, 0.717) is 5.52 Å². The highest BCUT2D eigenvalue weighted by Crippen LogP contribution is 2.19. The molecule has 0 radical (unpaired) electrons. The minimum Gasteiger partial charge on any atom is -0.382 e. The molecule has 0 unspecified atom stereocenters. The van der Waals surface area contributed by atoms with E-state index in [4.69, 9.17) is 5.73 Å². The van der Waals surface area contributed by atoms with Crippen molar-refractivity contribution in [2.24, 2.45) is 0 Å². The highest BCUT2D eigenvalue weighted by Gasteiger charge is 2.11. The van der Waals surface area contributed by atoms with E-state index in [-0.39, 0.29) is 17.0 Å². The fraction of sp³-hybridized carbons (Fsp3) is 0.130. The molecule has 0 fully saturated rings. The number of fused-ring (bicyclic) bond motifs is 2. The van der Waals surface area contributed by atoms with Gasteiger partial charge in [-0.05, 0) is 42.5 Å². The first-order valence-electron chi connectivity index (χ1n) is 9.81. The van der Waals surface area contributed by atoms with Crippen LogP contribution in [0.3, 0.4) is 0 Å². The first-order valence-corrected chi connectivity index (χ1v) is 9.81. The summed E-state index contributed by atoms with van der Waals surface area (Å²) in [7, 11) is 0. The van der Waals surface area contributed by atoms with E-state index in [1.807, 2.05) is 60.0 Å². The van der Waals surface area contributed by atoms with E-state index >= 15 is 0 Å². The van der Waals surface area contributed by atoms with Crippen molar-refractivity contribution in [3.63, 3.8) is 0 Å². The van der Waals surface area contributed by atoms with Crippen molar-refractivity contribution in [3.8, 4) is 5.69 Å². The predicted octanol–water partition coefficient (Wildman–Crippen LogP) is 3.94. The van der Waals surface area contributed by atoms with E-state index in [2.05, 4.69) is 32.9 Å². The summed E-state index contributed by atoms with van der Waals surface area (Å²) < 4.78 is 14.2. The normalized spacial score (nSPS) is 10.8. The van der Waals surface area contributed by atoms with Gasteiger partial charge in [-0.25, -0.2) is 4.98 Å². The summed E-state index contributed by atoms with van der Waals surface area (Å²) in [6, 6.07) is 18.0. The first kappa shape index (κ1) is 20.2. The van der Waals surface area contributed by atoms with Crippen molar-refractivity contribution in [1.29, 1.82) is 0 Å². The molecule has 0 aliphatic carbocycles. The van der Waals surface area contributed by atoms with Gasteiger partial charge in [0, 0.05) is 11.4 Å². The molecule has 7 nitrogen and oxygen atoms in total. The molecule has 0 saturated carbocycles. The molecule has 0 bridgehead atoms. The molecule has 2 aromatic carbocycles. The highest BCUT2D eigenvalue weighted by molar-refractivity contribution is 5.85. The third-order valence-corrected chi connectivity index (χ3v) is 4.99. The number of benzene rings is 2. The number of imidazole rings is 1. The van der Waals surface area contributed by atoms with Gasteiger partial charge in [-0.15, -0.1) is 0 Å². The maximum atomic E-state index is 12.9. The second-order valence-electron chi connectivity index (χ2n) is 6.98. The van der Waals surface area contributed by atoms with E-state index in [9.17, 15) is 9.18 Å². The Labute approximate surface area is 177 Å². The van der Waals surface area contributed by atoms with Crippen LogP contribution in [0.25, 0.3) is 27.6 Å². The predicted molar refractivity (Wildman–Crippen MR) is 120 cm³/mol. The second-order valence-corrected chi connectivity index (χ2v) is 6.98. The number of aromatic amines is 1. The molecular formula is C23H21FN6O. The molecule has 3 heterocycles. The number of hydrogen-bond donors (Lipinski definition) is 2. The van der Waals surface area contributed by atoms with Crippen molar-refractivity contribution >= 4 is 27.8 Å². The van der Waals surface area contributed by atoms with E-state index in [0.717, 1.165) is 34.1 Å². The zero-order chi connectivity index (χ0) is 22.0.